The summed E-state index contributed by atoms with van der Waals surface area (Å²) in [5, 5.41) is 4.52. The number of nitrogens with one attached hydrogen (secondary N) is 1. The molecule has 0 bridgehead atoms. The van der Waals surface area contributed by atoms with Crippen LogP contribution in [0, 0.1) is 0 Å². The van der Waals surface area contributed by atoms with Crippen LogP contribution in [-0.2, 0) is 0 Å². The molecule has 0 atom stereocenters. The van der Waals surface area contributed by atoms with Crippen molar-refractivity contribution in [2.24, 2.45) is 5.73 Å². The van der Waals surface area contributed by atoms with E-state index >= 15 is 0 Å². The number of rotatable bonds is 2. The Kier molecular flexibility index (Phi) is 4.06. The van der Waals surface area contributed by atoms with E-state index in [0.29, 0.717) is 4.99 Å². The minimum atomic E-state index is 0.193. The molecule has 0 heterocycles. The third kappa shape index (κ3) is 3.10. The van der Waals surface area contributed by atoms with Crippen LogP contribution in [0.2, 0.25) is 0 Å². The van der Waals surface area contributed by atoms with Crippen molar-refractivity contribution < 1.29 is 0 Å². The molecule has 1 aromatic rings. The molecule has 2 nitrogen and oxygen atoms in total. The maximum Gasteiger partial charge on any atom is 0.138 e. The van der Waals surface area contributed by atoms with Gasteiger partial charge in [0.15, 0.2) is 0 Å². The molecule has 0 aliphatic heterocycles. The zero-order chi connectivity index (χ0) is 10.6. The topological polar surface area (TPSA) is 38.0 Å². The van der Waals surface area contributed by atoms with Gasteiger partial charge in [-0.25, -0.2) is 0 Å². The molecule has 0 saturated heterocycles. The van der Waals surface area contributed by atoms with Crippen LogP contribution in [0.3, 0.4) is 0 Å². The third-order valence-corrected chi connectivity index (χ3v) is 2.46. The van der Waals surface area contributed by atoms with Gasteiger partial charge in [-0.2, -0.15) is 0 Å². The molecule has 0 aliphatic rings. The average molecular weight is 240 g/mol. The Morgan fingerprint density at radius 1 is 1.21 bits per heavy atom. The highest BCUT2D eigenvalue weighted by molar-refractivity contribution is 7.89. The predicted molar refractivity (Wildman–Crippen MR) is 72.2 cm³/mol. The summed E-state index contributed by atoms with van der Waals surface area (Å²) in [6.07, 6.45) is 0. The van der Waals surface area contributed by atoms with Crippen molar-refractivity contribution in [3.8, 4) is 0 Å². The normalized spacial score (nSPS) is 9.14. The fraction of sp³-hybridized carbons (Fsp3) is 0. The fourth-order valence-corrected chi connectivity index (χ4v) is 1.16. The lowest BCUT2D eigenvalue weighted by molar-refractivity contribution is 1.64. The van der Waals surface area contributed by atoms with Crippen LogP contribution in [0.15, 0.2) is 24.3 Å². The molecule has 3 N–H and O–H groups in total. The quantitative estimate of drug-likeness (QED) is 0.774. The summed E-state index contributed by atoms with van der Waals surface area (Å²) >= 11 is 14.4. The van der Waals surface area contributed by atoms with E-state index in [0.717, 1.165) is 11.3 Å². The average Bonchev–Trinajstić information content (AvgIpc) is 2.19. The minimum Gasteiger partial charge on any atom is -0.388 e. The molecular formula is C9H8N2S3. The van der Waals surface area contributed by atoms with Crippen LogP contribution < -0.4 is 11.1 Å². The summed E-state index contributed by atoms with van der Waals surface area (Å²) in [5.74, 6) is 0. The first-order chi connectivity index (χ1) is 6.63. The first-order valence-electron chi connectivity index (χ1n) is 3.79. The number of anilines is 1. The lowest BCUT2D eigenvalue weighted by Gasteiger charge is -2.05. The van der Waals surface area contributed by atoms with Crippen molar-refractivity contribution in [3.63, 3.8) is 0 Å². The molecular weight excluding hydrogens is 232 g/mol. The van der Waals surface area contributed by atoms with Crippen molar-refractivity contribution in [1.82, 2.24) is 0 Å². The monoisotopic (exact) mass is 240 g/mol. The van der Waals surface area contributed by atoms with Crippen LogP contribution >= 0.6 is 36.7 Å². The van der Waals surface area contributed by atoms with E-state index in [2.05, 4.69) is 5.32 Å². The Bertz CT molecular complexity index is 370. The van der Waals surface area contributed by atoms with Crippen molar-refractivity contribution in [2.75, 3.05) is 5.32 Å². The number of hydrogen-bond donors (Lipinski definition) is 2. The fourth-order valence-electron chi connectivity index (χ4n) is 0.838. The standard InChI is InChI=1S/C9H8N2S3/c10-8(13)9(14)11-7-3-1-6(5-12)2-4-7/h1-5H,(H2,10,13)(H,11,14). The Balaban J connectivity index is 2.73. The molecule has 0 saturated carbocycles. The van der Waals surface area contributed by atoms with Crippen LogP contribution in [0.25, 0.3) is 0 Å². The second-order valence-corrected chi connectivity index (χ2v) is 3.64. The number of thiocarbonyl (C=S) groups is 3. The van der Waals surface area contributed by atoms with Gasteiger partial charge < -0.3 is 11.1 Å². The van der Waals surface area contributed by atoms with Gasteiger partial charge in [-0.3, -0.25) is 0 Å². The molecule has 0 fully saturated rings. The summed E-state index contributed by atoms with van der Waals surface area (Å²) in [5.41, 5.74) is 7.17. The van der Waals surface area contributed by atoms with Gasteiger partial charge in [0.1, 0.15) is 9.98 Å². The smallest absolute Gasteiger partial charge is 0.138 e. The predicted octanol–water partition coefficient (Wildman–Crippen LogP) is 2.06. The molecule has 0 amide bonds. The second-order valence-electron chi connectivity index (χ2n) is 2.56. The zero-order valence-corrected chi connectivity index (χ0v) is 9.64. The molecule has 0 aliphatic carbocycles. The molecule has 1 aromatic carbocycles. The number of hydrogen-bond acceptors (Lipinski definition) is 3. The van der Waals surface area contributed by atoms with E-state index in [1.54, 1.807) is 5.37 Å². The highest BCUT2D eigenvalue weighted by atomic mass is 32.1. The third-order valence-electron chi connectivity index (χ3n) is 1.53. The first-order valence-corrected chi connectivity index (χ1v) is 5.08. The molecule has 0 unspecified atom stereocenters. The second kappa shape index (κ2) is 5.09. The van der Waals surface area contributed by atoms with Gasteiger partial charge in [-0.15, -0.1) is 0 Å². The van der Waals surface area contributed by atoms with E-state index in [1.165, 1.54) is 0 Å². The number of benzene rings is 1. The van der Waals surface area contributed by atoms with E-state index in [1.807, 2.05) is 24.3 Å². The molecule has 0 aromatic heterocycles. The Morgan fingerprint density at radius 3 is 2.21 bits per heavy atom. The minimum absolute atomic E-state index is 0.193. The molecule has 72 valence electrons. The highest BCUT2D eigenvalue weighted by Gasteiger charge is 1.99. The van der Waals surface area contributed by atoms with E-state index < -0.39 is 0 Å². The van der Waals surface area contributed by atoms with Crippen molar-refractivity contribution in [2.45, 2.75) is 0 Å². The van der Waals surface area contributed by atoms with Crippen LogP contribution in [-0.4, -0.2) is 15.3 Å². The summed E-state index contributed by atoms with van der Waals surface area (Å²) in [4.78, 5) is 0.564. The largest absolute Gasteiger partial charge is 0.388 e. The lowest BCUT2D eigenvalue weighted by Crippen LogP contribution is -2.25. The molecule has 1 rings (SSSR count). The first kappa shape index (κ1) is 11.2. The summed E-state index contributed by atoms with van der Waals surface area (Å²) in [6, 6.07) is 7.50. The Labute approximate surface area is 98.5 Å². The van der Waals surface area contributed by atoms with E-state index in [4.69, 9.17) is 42.4 Å². The summed E-state index contributed by atoms with van der Waals surface area (Å²) < 4.78 is 0. The van der Waals surface area contributed by atoms with Gasteiger partial charge in [0, 0.05) is 11.1 Å². The zero-order valence-electron chi connectivity index (χ0n) is 7.19. The summed E-state index contributed by atoms with van der Waals surface area (Å²) in [6.45, 7) is 0. The molecule has 0 radical (unpaired) electrons. The van der Waals surface area contributed by atoms with Gasteiger partial charge in [0.2, 0.25) is 0 Å². The van der Waals surface area contributed by atoms with Gasteiger partial charge in [0.25, 0.3) is 0 Å². The highest BCUT2D eigenvalue weighted by Crippen LogP contribution is 2.08. The number of nitrogens with two attached hydrogens (primary N) is 1. The van der Waals surface area contributed by atoms with Gasteiger partial charge in [-0.1, -0.05) is 48.8 Å². The maximum atomic E-state index is 5.34. The van der Waals surface area contributed by atoms with Crippen molar-refractivity contribution in [1.29, 1.82) is 0 Å². The lowest BCUT2D eigenvalue weighted by atomic mass is 10.2. The Hall–Kier alpha value is -0.910. The Morgan fingerprint density at radius 2 is 1.79 bits per heavy atom. The van der Waals surface area contributed by atoms with Crippen LogP contribution in [0.1, 0.15) is 5.56 Å². The molecule has 0 spiro atoms. The SMILES string of the molecule is NC(=S)C(=S)Nc1ccc(C=S)cc1. The van der Waals surface area contributed by atoms with E-state index in [9.17, 15) is 0 Å². The van der Waals surface area contributed by atoms with Gasteiger partial charge >= 0.3 is 0 Å². The molecule has 5 heteroatoms. The van der Waals surface area contributed by atoms with Gasteiger partial charge in [-0.05, 0) is 17.7 Å². The molecule has 14 heavy (non-hydrogen) atoms. The van der Waals surface area contributed by atoms with Crippen LogP contribution in [0.4, 0.5) is 5.69 Å². The maximum absolute atomic E-state index is 5.34. The van der Waals surface area contributed by atoms with Crippen molar-refractivity contribution >= 4 is 57.7 Å². The van der Waals surface area contributed by atoms with E-state index in [-0.39, 0.29) is 4.99 Å². The van der Waals surface area contributed by atoms with Gasteiger partial charge in [0.05, 0.1) is 0 Å². The van der Waals surface area contributed by atoms with Crippen molar-refractivity contribution in [3.05, 3.63) is 29.8 Å². The summed E-state index contributed by atoms with van der Waals surface area (Å²) in [7, 11) is 0. The van der Waals surface area contributed by atoms with Crippen LogP contribution in [0.5, 0.6) is 0 Å².